The highest BCUT2D eigenvalue weighted by atomic mass is 35.5. The maximum atomic E-state index is 12.5. The Hall–Kier alpha value is -3.24. The van der Waals surface area contributed by atoms with Gasteiger partial charge in [-0.25, -0.2) is 9.67 Å². The number of thiazole rings is 1. The number of rotatable bonds is 7. The fourth-order valence-electron chi connectivity index (χ4n) is 2.71. The first-order chi connectivity index (χ1) is 14.9. The van der Waals surface area contributed by atoms with Crippen molar-refractivity contribution in [1.82, 2.24) is 14.8 Å². The number of benzene rings is 2. The Morgan fingerprint density at radius 3 is 2.90 bits per heavy atom. The smallest absolute Gasteiger partial charge is 0.387 e. The van der Waals surface area contributed by atoms with Crippen molar-refractivity contribution in [2.24, 2.45) is 0 Å². The van der Waals surface area contributed by atoms with Crippen LogP contribution in [0, 0.1) is 6.92 Å². The van der Waals surface area contributed by atoms with E-state index < -0.39 is 12.5 Å². The van der Waals surface area contributed by atoms with Gasteiger partial charge in [0.15, 0.2) is 17.6 Å². The van der Waals surface area contributed by atoms with Crippen molar-refractivity contribution in [3.05, 3.63) is 64.9 Å². The van der Waals surface area contributed by atoms with Crippen molar-refractivity contribution in [1.29, 1.82) is 0 Å². The lowest BCUT2D eigenvalue weighted by Gasteiger charge is -2.08. The molecule has 1 N–H and O–H groups in total. The van der Waals surface area contributed by atoms with Gasteiger partial charge in [-0.15, -0.1) is 0 Å². The lowest BCUT2D eigenvalue weighted by Crippen LogP contribution is -2.14. The molecule has 31 heavy (non-hydrogen) atoms. The highest BCUT2D eigenvalue weighted by Crippen LogP contribution is 2.30. The normalized spacial score (nSPS) is 11.1. The first-order valence-electron chi connectivity index (χ1n) is 8.96. The Bertz CT molecular complexity index is 1240. The number of hydrogen-bond donors (Lipinski definition) is 1. The van der Waals surface area contributed by atoms with Gasteiger partial charge in [0.25, 0.3) is 5.91 Å². The second-order valence-corrected chi connectivity index (χ2v) is 7.87. The van der Waals surface area contributed by atoms with Gasteiger partial charge in [-0.2, -0.15) is 13.9 Å². The predicted molar refractivity (Wildman–Crippen MR) is 113 cm³/mol. The summed E-state index contributed by atoms with van der Waals surface area (Å²) in [4.78, 5) is 16.8. The minimum atomic E-state index is -2.91. The highest BCUT2D eigenvalue weighted by Gasteiger charge is 2.14. The van der Waals surface area contributed by atoms with Gasteiger partial charge < -0.3 is 9.47 Å². The second kappa shape index (κ2) is 8.86. The second-order valence-electron chi connectivity index (χ2n) is 6.43. The number of anilines is 1. The van der Waals surface area contributed by atoms with Gasteiger partial charge in [-0.3, -0.25) is 10.1 Å². The number of nitrogens with zero attached hydrogens (tertiary/aromatic N) is 3. The summed E-state index contributed by atoms with van der Waals surface area (Å²) in [6.07, 6.45) is 1.60. The van der Waals surface area contributed by atoms with Crippen LogP contribution in [0.4, 0.5) is 13.9 Å². The SMILES string of the molecule is Cc1ccc(Cl)c(OCn2ccc(C(=O)Nc3nc4ccc(OC(F)F)cc4s3)n2)c1. The van der Waals surface area contributed by atoms with Crippen LogP contribution >= 0.6 is 22.9 Å². The third-order valence-electron chi connectivity index (χ3n) is 4.12. The molecule has 11 heteroatoms. The standard InChI is InChI=1S/C20H15ClF2N4O3S/c1-11-2-4-13(21)16(8-11)29-10-27-7-6-15(26-27)18(28)25-20-24-14-5-3-12(30-19(22)23)9-17(14)31-20/h2-9,19H,10H2,1H3,(H,24,25,28). The van der Waals surface area contributed by atoms with Gasteiger partial charge in [-0.1, -0.05) is 29.0 Å². The molecule has 2 heterocycles. The Morgan fingerprint density at radius 2 is 2.10 bits per heavy atom. The number of nitrogens with one attached hydrogen (secondary N) is 1. The molecule has 0 unspecified atom stereocenters. The highest BCUT2D eigenvalue weighted by molar-refractivity contribution is 7.22. The average molecular weight is 465 g/mol. The van der Waals surface area contributed by atoms with E-state index in [9.17, 15) is 13.6 Å². The lowest BCUT2D eigenvalue weighted by molar-refractivity contribution is -0.0497. The van der Waals surface area contributed by atoms with Gasteiger partial charge in [0.1, 0.15) is 11.5 Å². The molecule has 0 saturated heterocycles. The van der Waals surface area contributed by atoms with Crippen LogP contribution in [0.15, 0.2) is 48.7 Å². The molecule has 0 fully saturated rings. The Kier molecular flexibility index (Phi) is 6.01. The van der Waals surface area contributed by atoms with Gasteiger partial charge in [0.2, 0.25) is 0 Å². The van der Waals surface area contributed by atoms with E-state index in [1.807, 2.05) is 19.1 Å². The van der Waals surface area contributed by atoms with Crippen LogP contribution < -0.4 is 14.8 Å². The maximum absolute atomic E-state index is 12.5. The van der Waals surface area contributed by atoms with Crippen LogP contribution in [0.3, 0.4) is 0 Å². The van der Waals surface area contributed by atoms with E-state index in [4.69, 9.17) is 16.3 Å². The van der Waals surface area contributed by atoms with Gasteiger partial charge in [-0.05, 0) is 48.9 Å². The van der Waals surface area contributed by atoms with Crippen LogP contribution in [0.25, 0.3) is 10.2 Å². The molecule has 1 amide bonds. The Morgan fingerprint density at radius 1 is 1.26 bits per heavy atom. The van der Waals surface area contributed by atoms with E-state index in [2.05, 4.69) is 20.1 Å². The van der Waals surface area contributed by atoms with Crippen molar-refractivity contribution in [2.45, 2.75) is 20.3 Å². The first-order valence-corrected chi connectivity index (χ1v) is 10.2. The molecule has 0 atom stereocenters. The van der Waals surface area contributed by atoms with E-state index in [-0.39, 0.29) is 18.2 Å². The monoisotopic (exact) mass is 464 g/mol. The number of aromatic nitrogens is 3. The number of hydrogen-bond acceptors (Lipinski definition) is 6. The minimum absolute atomic E-state index is 0.0245. The molecule has 7 nitrogen and oxygen atoms in total. The van der Waals surface area contributed by atoms with Crippen LogP contribution in [-0.2, 0) is 6.73 Å². The quantitative estimate of drug-likeness (QED) is 0.399. The van der Waals surface area contributed by atoms with Crippen LogP contribution in [-0.4, -0.2) is 27.3 Å². The summed E-state index contributed by atoms with van der Waals surface area (Å²) in [6, 6.07) is 11.3. The lowest BCUT2D eigenvalue weighted by atomic mass is 10.2. The third kappa shape index (κ3) is 5.09. The number of carbonyl (C=O) groups excluding carboxylic acids is 1. The summed E-state index contributed by atoms with van der Waals surface area (Å²) in [5, 5.41) is 7.63. The predicted octanol–water partition coefficient (Wildman–Crippen LogP) is 5.34. The van der Waals surface area contributed by atoms with E-state index in [1.165, 1.54) is 16.8 Å². The molecule has 0 aliphatic carbocycles. The Labute approximate surface area is 184 Å². The fourth-order valence-corrected chi connectivity index (χ4v) is 3.77. The van der Waals surface area contributed by atoms with E-state index in [0.29, 0.717) is 26.1 Å². The van der Waals surface area contributed by atoms with E-state index in [0.717, 1.165) is 16.9 Å². The zero-order chi connectivity index (χ0) is 22.0. The molecule has 4 aromatic rings. The summed E-state index contributed by atoms with van der Waals surface area (Å²) in [5.41, 5.74) is 1.72. The molecule has 0 bridgehead atoms. The van der Waals surface area contributed by atoms with Crippen LogP contribution in [0.5, 0.6) is 11.5 Å². The number of halogens is 3. The average Bonchev–Trinajstić information content (AvgIpc) is 3.34. The molecular weight excluding hydrogens is 450 g/mol. The zero-order valence-corrected chi connectivity index (χ0v) is 17.6. The summed E-state index contributed by atoms with van der Waals surface area (Å²) >= 11 is 7.24. The number of amides is 1. The summed E-state index contributed by atoms with van der Waals surface area (Å²) < 4.78 is 36.8. The summed E-state index contributed by atoms with van der Waals surface area (Å²) in [6.45, 7) is -0.913. The third-order valence-corrected chi connectivity index (χ3v) is 5.36. The first kappa shape index (κ1) is 21.0. The molecular formula is C20H15ClF2N4O3S. The van der Waals surface area contributed by atoms with Crippen molar-refractivity contribution >= 4 is 44.2 Å². The molecule has 0 spiro atoms. The molecule has 0 aliphatic rings. The molecule has 0 saturated carbocycles. The molecule has 160 valence electrons. The molecule has 0 aliphatic heterocycles. The van der Waals surface area contributed by atoms with E-state index in [1.54, 1.807) is 24.4 Å². The van der Waals surface area contributed by atoms with Crippen molar-refractivity contribution < 1.29 is 23.0 Å². The van der Waals surface area contributed by atoms with Crippen molar-refractivity contribution in [2.75, 3.05) is 5.32 Å². The molecule has 2 aromatic heterocycles. The number of alkyl halides is 2. The number of carbonyl (C=O) groups is 1. The summed E-state index contributed by atoms with van der Waals surface area (Å²) in [5.74, 6) is 0.0831. The maximum Gasteiger partial charge on any atom is 0.387 e. The van der Waals surface area contributed by atoms with Gasteiger partial charge in [0, 0.05) is 6.20 Å². The molecule has 0 radical (unpaired) electrons. The number of ether oxygens (including phenoxy) is 2. The largest absolute Gasteiger partial charge is 0.470 e. The number of fused-ring (bicyclic) bond motifs is 1. The zero-order valence-electron chi connectivity index (χ0n) is 16.0. The van der Waals surface area contributed by atoms with Crippen molar-refractivity contribution in [3.63, 3.8) is 0 Å². The van der Waals surface area contributed by atoms with Crippen molar-refractivity contribution in [3.8, 4) is 11.5 Å². The molecule has 2 aromatic carbocycles. The van der Waals surface area contributed by atoms with Gasteiger partial charge >= 0.3 is 6.61 Å². The topological polar surface area (TPSA) is 78.3 Å². The van der Waals surface area contributed by atoms with Crippen LogP contribution in [0.1, 0.15) is 16.1 Å². The molecule has 4 rings (SSSR count). The van der Waals surface area contributed by atoms with Crippen LogP contribution in [0.2, 0.25) is 5.02 Å². The Balaban J connectivity index is 1.41. The number of aryl methyl sites for hydroxylation is 1. The fraction of sp³-hybridized carbons (Fsp3) is 0.150. The minimum Gasteiger partial charge on any atom is -0.470 e. The summed E-state index contributed by atoms with van der Waals surface area (Å²) in [7, 11) is 0. The van der Waals surface area contributed by atoms with Gasteiger partial charge in [0.05, 0.1) is 15.2 Å². The van der Waals surface area contributed by atoms with E-state index >= 15 is 0 Å².